The third-order valence-electron chi connectivity index (χ3n) is 4.23. The number of hydrogen-bond acceptors (Lipinski definition) is 2. The second-order valence-electron chi connectivity index (χ2n) is 5.77. The van der Waals surface area contributed by atoms with E-state index in [0.717, 1.165) is 10.9 Å². The van der Waals surface area contributed by atoms with Crippen LogP contribution in [0.1, 0.15) is 23.3 Å². The molecule has 124 valence electrons. The summed E-state index contributed by atoms with van der Waals surface area (Å²) in [5, 5.41) is 0.818. The van der Waals surface area contributed by atoms with Gasteiger partial charge < -0.3 is 14.6 Å². The molecule has 4 nitrogen and oxygen atoms in total. The number of fused-ring (bicyclic) bond motifs is 1. The number of methoxy groups -OCH3 is 1. The number of nitrogens with zero attached hydrogens (tertiary/aromatic N) is 1. The van der Waals surface area contributed by atoms with Gasteiger partial charge in [0.05, 0.1) is 13.0 Å². The van der Waals surface area contributed by atoms with E-state index < -0.39 is 18.0 Å². The normalized spacial score (nSPS) is 19.1. The van der Waals surface area contributed by atoms with E-state index in [9.17, 15) is 18.0 Å². The zero-order chi connectivity index (χ0) is 16.6. The number of carbonyl (C=O) groups excluding carboxylic acids is 1. The minimum absolute atomic E-state index is 0.0805. The number of H-pyrrole nitrogens is 1. The summed E-state index contributed by atoms with van der Waals surface area (Å²) in [5.74, 6) is -1.19. The fourth-order valence-electron chi connectivity index (χ4n) is 2.95. The van der Waals surface area contributed by atoms with Gasteiger partial charge in [0.2, 0.25) is 0 Å². The number of aromatic nitrogens is 1. The molecule has 1 aromatic heterocycles. The zero-order valence-corrected chi connectivity index (χ0v) is 12.6. The van der Waals surface area contributed by atoms with Crippen molar-refractivity contribution in [3.8, 4) is 5.75 Å². The molecule has 1 aliphatic rings. The number of amides is 1. The number of hydrogen-bond donors (Lipinski definition) is 1. The van der Waals surface area contributed by atoms with Gasteiger partial charge in [-0.05, 0) is 31.0 Å². The van der Waals surface area contributed by atoms with Gasteiger partial charge in [-0.1, -0.05) is 0 Å². The molecular formula is C16H17F3N2O2. The summed E-state index contributed by atoms with van der Waals surface area (Å²) >= 11 is 0. The number of piperidine rings is 1. The summed E-state index contributed by atoms with van der Waals surface area (Å²) in [5.41, 5.74) is 1.02. The predicted octanol–water partition coefficient (Wildman–Crippen LogP) is 3.59. The fraction of sp³-hybridized carbons (Fsp3) is 0.438. The Bertz CT molecular complexity index is 724. The van der Waals surface area contributed by atoms with Gasteiger partial charge in [-0.2, -0.15) is 13.2 Å². The second kappa shape index (κ2) is 5.79. The average molecular weight is 326 g/mol. The third-order valence-corrected chi connectivity index (χ3v) is 4.23. The van der Waals surface area contributed by atoms with Crippen LogP contribution in [-0.4, -0.2) is 42.2 Å². The van der Waals surface area contributed by atoms with Gasteiger partial charge in [0.1, 0.15) is 11.4 Å². The SMILES string of the molecule is COc1ccc2cc(C(=O)N3CCCC(C(F)(F)F)C3)[nH]c2c1. The van der Waals surface area contributed by atoms with Crippen molar-refractivity contribution < 1.29 is 22.7 Å². The van der Waals surface area contributed by atoms with Crippen LogP contribution in [0.4, 0.5) is 13.2 Å². The van der Waals surface area contributed by atoms with Crippen LogP contribution in [0.15, 0.2) is 24.3 Å². The fourth-order valence-corrected chi connectivity index (χ4v) is 2.95. The van der Waals surface area contributed by atoms with Crippen LogP contribution >= 0.6 is 0 Å². The molecule has 1 amide bonds. The van der Waals surface area contributed by atoms with Gasteiger partial charge in [0.25, 0.3) is 5.91 Å². The summed E-state index contributed by atoms with van der Waals surface area (Å²) < 4.78 is 43.7. The molecule has 2 aromatic rings. The highest BCUT2D eigenvalue weighted by molar-refractivity contribution is 5.98. The minimum Gasteiger partial charge on any atom is -0.497 e. The van der Waals surface area contributed by atoms with Crippen molar-refractivity contribution in [2.75, 3.05) is 20.2 Å². The first-order valence-corrected chi connectivity index (χ1v) is 7.41. The van der Waals surface area contributed by atoms with Crippen LogP contribution in [0.3, 0.4) is 0 Å². The number of ether oxygens (including phenoxy) is 1. The lowest BCUT2D eigenvalue weighted by Crippen LogP contribution is -2.44. The third kappa shape index (κ3) is 3.13. The Kier molecular flexibility index (Phi) is 3.95. The highest BCUT2D eigenvalue weighted by atomic mass is 19.4. The Morgan fingerprint density at radius 1 is 1.35 bits per heavy atom. The molecule has 23 heavy (non-hydrogen) atoms. The van der Waals surface area contributed by atoms with Crippen LogP contribution in [0.25, 0.3) is 10.9 Å². The summed E-state index contributed by atoms with van der Waals surface area (Å²) in [6, 6.07) is 6.98. The van der Waals surface area contributed by atoms with E-state index in [1.807, 2.05) is 0 Å². The van der Waals surface area contributed by atoms with Gasteiger partial charge in [-0.3, -0.25) is 4.79 Å². The van der Waals surface area contributed by atoms with Gasteiger partial charge in [-0.15, -0.1) is 0 Å². The molecule has 0 bridgehead atoms. The molecule has 1 aliphatic heterocycles. The van der Waals surface area contributed by atoms with Gasteiger partial charge >= 0.3 is 6.18 Å². The molecule has 1 N–H and O–H groups in total. The molecule has 2 heterocycles. The molecule has 0 radical (unpaired) electrons. The first-order chi connectivity index (χ1) is 10.9. The Labute approximate surface area is 131 Å². The Morgan fingerprint density at radius 2 is 2.13 bits per heavy atom. The van der Waals surface area contributed by atoms with E-state index in [-0.39, 0.29) is 13.0 Å². The molecule has 3 rings (SSSR count). The van der Waals surface area contributed by atoms with Crippen LogP contribution < -0.4 is 4.74 Å². The molecule has 1 saturated heterocycles. The summed E-state index contributed by atoms with van der Waals surface area (Å²) in [6.07, 6.45) is -3.81. The number of aromatic amines is 1. The minimum atomic E-state index is -4.26. The summed E-state index contributed by atoms with van der Waals surface area (Å²) in [4.78, 5) is 16.7. The van der Waals surface area contributed by atoms with Crippen molar-refractivity contribution in [1.29, 1.82) is 0 Å². The smallest absolute Gasteiger partial charge is 0.393 e. The van der Waals surface area contributed by atoms with E-state index in [1.54, 1.807) is 31.4 Å². The van der Waals surface area contributed by atoms with Gasteiger partial charge in [-0.25, -0.2) is 0 Å². The van der Waals surface area contributed by atoms with Gasteiger partial charge in [0, 0.05) is 30.1 Å². The number of alkyl halides is 3. The number of halogens is 3. The lowest BCUT2D eigenvalue weighted by atomic mass is 9.97. The maximum atomic E-state index is 12.9. The van der Waals surface area contributed by atoms with E-state index in [4.69, 9.17) is 4.74 Å². The van der Waals surface area contributed by atoms with Crippen molar-refractivity contribution in [1.82, 2.24) is 9.88 Å². The Hall–Kier alpha value is -2.18. The largest absolute Gasteiger partial charge is 0.497 e. The van der Waals surface area contributed by atoms with Crippen molar-refractivity contribution in [2.45, 2.75) is 19.0 Å². The van der Waals surface area contributed by atoms with E-state index in [2.05, 4.69) is 4.98 Å². The maximum Gasteiger partial charge on any atom is 0.393 e. The molecule has 0 saturated carbocycles. The van der Waals surface area contributed by atoms with Crippen LogP contribution in [-0.2, 0) is 0 Å². The first-order valence-electron chi connectivity index (χ1n) is 7.41. The summed E-state index contributed by atoms with van der Waals surface area (Å²) in [7, 11) is 1.54. The highest BCUT2D eigenvalue weighted by Gasteiger charge is 2.42. The quantitative estimate of drug-likeness (QED) is 0.917. The summed E-state index contributed by atoms with van der Waals surface area (Å²) in [6.45, 7) is 0.0745. The van der Waals surface area contributed by atoms with E-state index >= 15 is 0 Å². The maximum absolute atomic E-state index is 12.9. The second-order valence-corrected chi connectivity index (χ2v) is 5.77. The van der Waals surface area contributed by atoms with Crippen LogP contribution in [0, 0.1) is 5.92 Å². The number of benzene rings is 1. The van der Waals surface area contributed by atoms with Gasteiger partial charge in [0.15, 0.2) is 0 Å². The van der Waals surface area contributed by atoms with Crippen LogP contribution in [0.5, 0.6) is 5.75 Å². The Balaban J connectivity index is 1.82. The molecule has 0 spiro atoms. The lowest BCUT2D eigenvalue weighted by molar-refractivity contribution is -0.184. The van der Waals surface area contributed by atoms with Crippen LogP contribution in [0.2, 0.25) is 0 Å². The van der Waals surface area contributed by atoms with Crippen molar-refractivity contribution in [3.63, 3.8) is 0 Å². The van der Waals surface area contributed by atoms with E-state index in [1.165, 1.54) is 4.90 Å². The molecular weight excluding hydrogens is 309 g/mol. The zero-order valence-electron chi connectivity index (χ0n) is 12.6. The number of nitrogens with one attached hydrogen (secondary N) is 1. The molecule has 7 heteroatoms. The molecule has 1 aromatic carbocycles. The highest BCUT2D eigenvalue weighted by Crippen LogP contribution is 2.33. The number of likely N-dealkylation sites (tertiary alicyclic amines) is 1. The monoisotopic (exact) mass is 326 g/mol. The topological polar surface area (TPSA) is 45.3 Å². The van der Waals surface area contributed by atoms with Crippen molar-refractivity contribution >= 4 is 16.8 Å². The number of rotatable bonds is 2. The Morgan fingerprint density at radius 3 is 2.83 bits per heavy atom. The molecule has 1 fully saturated rings. The van der Waals surface area contributed by atoms with E-state index in [0.29, 0.717) is 24.4 Å². The lowest BCUT2D eigenvalue weighted by Gasteiger charge is -2.33. The number of carbonyl (C=O) groups is 1. The molecule has 0 aliphatic carbocycles. The first kappa shape index (κ1) is 15.7. The molecule has 1 unspecified atom stereocenters. The van der Waals surface area contributed by atoms with Crippen molar-refractivity contribution in [3.05, 3.63) is 30.0 Å². The standard InChI is InChI=1S/C16H17F3N2O2/c1-23-12-5-4-10-7-14(20-13(10)8-12)15(22)21-6-2-3-11(9-21)16(17,18)19/h4-5,7-8,11,20H,2-3,6,9H2,1H3. The predicted molar refractivity (Wildman–Crippen MR) is 79.5 cm³/mol. The molecule has 1 atom stereocenters. The van der Waals surface area contributed by atoms with Crippen molar-refractivity contribution in [2.24, 2.45) is 5.92 Å². The average Bonchev–Trinajstić information content (AvgIpc) is 2.96.